The van der Waals surface area contributed by atoms with Crippen LogP contribution in [0.2, 0.25) is 0 Å². The molecule has 0 saturated carbocycles. The van der Waals surface area contributed by atoms with Crippen molar-refractivity contribution in [2.75, 3.05) is 0 Å². The molecular weight excluding hydrogens is 104 g/mol. The predicted molar refractivity (Wildman–Crippen MR) is 28.1 cm³/mol. The van der Waals surface area contributed by atoms with Crippen LogP contribution in [-0.2, 0) is 0 Å². The average Bonchev–Trinajstić information content (AvgIpc) is 2.12. The lowest BCUT2D eigenvalue weighted by Crippen LogP contribution is -2.10. The monoisotopic (exact) mass is 109 g/mol. The zero-order valence-corrected chi connectivity index (χ0v) is 4.14. The van der Waals surface area contributed by atoms with E-state index in [9.17, 15) is 4.79 Å². The topological polar surface area (TPSA) is 58.9 Å². The maximum atomic E-state index is 10.2. The van der Waals surface area contributed by atoms with Crippen molar-refractivity contribution in [3.05, 3.63) is 24.0 Å². The van der Waals surface area contributed by atoms with Crippen LogP contribution in [0.5, 0.6) is 0 Å². The van der Waals surface area contributed by atoms with Gasteiger partial charge in [0.05, 0.1) is 0 Å². The van der Waals surface area contributed by atoms with E-state index in [1.165, 1.54) is 12.3 Å². The Morgan fingerprint density at radius 3 is 2.88 bits per heavy atom. The number of nitrogens with one attached hydrogen (secondary N) is 1. The SMILES string of the molecule is NC(=O)c1c[c]c[nH]1. The van der Waals surface area contributed by atoms with Gasteiger partial charge in [-0.05, 0) is 6.07 Å². The van der Waals surface area contributed by atoms with Crippen LogP contribution in [0, 0.1) is 6.07 Å². The average molecular weight is 109 g/mol. The third-order valence-electron chi connectivity index (χ3n) is 0.804. The number of hydrogen-bond donors (Lipinski definition) is 2. The number of aromatic nitrogens is 1. The number of carbonyl (C=O) groups is 1. The van der Waals surface area contributed by atoms with Crippen LogP contribution >= 0.6 is 0 Å². The standard InChI is InChI=1S/C5H5N2O/c6-5(8)4-2-1-3-7-4/h2-3,7H,(H2,6,8). The fourth-order valence-corrected chi connectivity index (χ4v) is 0.428. The van der Waals surface area contributed by atoms with Crippen LogP contribution < -0.4 is 5.73 Å². The Balaban J connectivity index is 2.93. The van der Waals surface area contributed by atoms with E-state index in [0.29, 0.717) is 5.69 Å². The molecule has 1 heterocycles. The molecule has 0 bridgehead atoms. The highest BCUT2D eigenvalue weighted by Gasteiger charge is 1.95. The molecule has 41 valence electrons. The van der Waals surface area contributed by atoms with Gasteiger partial charge in [-0.15, -0.1) is 0 Å². The van der Waals surface area contributed by atoms with E-state index in [1.807, 2.05) is 0 Å². The van der Waals surface area contributed by atoms with Gasteiger partial charge in [0.25, 0.3) is 5.91 Å². The molecule has 0 unspecified atom stereocenters. The van der Waals surface area contributed by atoms with Crippen molar-refractivity contribution in [1.82, 2.24) is 4.98 Å². The number of amides is 1. The number of aromatic amines is 1. The smallest absolute Gasteiger partial charge is 0.265 e. The minimum absolute atomic E-state index is 0.394. The zero-order chi connectivity index (χ0) is 5.98. The molecule has 8 heavy (non-hydrogen) atoms. The van der Waals surface area contributed by atoms with E-state index < -0.39 is 5.91 Å². The summed E-state index contributed by atoms with van der Waals surface area (Å²) in [6, 6.07) is 4.16. The highest BCUT2D eigenvalue weighted by Crippen LogP contribution is 1.88. The lowest BCUT2D eigenvalue weighted by Gasteiger charge is -1.82. The number of carbonyl (C=O) groups excluding carboxylic acids is 1. The summed E-state index contributed by atoms with van der Waals surface area (Å²) in [7, 11) is 0. The van der Waals surface area contributed by atoms with Gasteiger partial charge in [-0.2, -0.15) is 0 Å². The van der Waals surface area contributed by atoms with Gasteiger partial charge >= 0.3 is 0 Å². The summed E-state index contributed by atoms with van der Waals surface area (Å²) in [5, 5.41) is 0. The van der Waals surface area contributed by atoms with Gasteiger partial charge in [-0.1, -0.05) is 0 Å². The largest absolute Gasteiger partial charge is 0.364 e. The molecule has 0 aliphatic heterocycles. The third kappa shape index (κ3) is 0.703. The Bertz CT molecular complexity index is 178. The number of primary amides is 1. The number of nitrogens with two attached hydrogens (primary N) is 1. The van der Waals surface area contributed by atoms with Gasteiger partial charge in [0.15, 0.2) is 0 Å². The zero-order valence-electron chi connectivity index (χ0n) is 4.14. The lowest BCUT2D eigenvalue weighted by atomic mass is 10.4. The molecule has 0 aliphatic carbocycles. The second-order valence-electron chi connectivity index (χ2n) is 1.38. The molecule has 1 radical (unpaired) electrons. The summed E-state index contributed by atoms with van der Waals surface area (Å²) in [5.74, 6) is -0.453. The van der Waals surface area contributed by atoms with Crippen molar-refractivity contribution in [3.63, 3.8) is 0 Å². The molecule has 1 rings (SSSR count). The Labute approximate surface area is 46.5 Å². The summed E-state index contributed by atoms with van der Waals surface area (Å²) in [5.41, 5.74) is 5.26. The van der Waals surface area contributed by atoms with Crippen molar-refractivity contribution < 1.29 is 4.79 Å². The number of H-pyrrole nitrogens is 1. The van der Waals surface area contributed by atoms with Crippen molar-refractivity contribution in [1.29, 1.82) is 0 Å². The molecule has 0 saturated heterocycles. The number of rotatable bonds is 1. The Hall–Kier alpha value is -1.25. The van der Waals surface area contributed by atoms with E-state index in [4.69, 9.17) is 5.73 Å². The van der Waals surface area contributed by atoms with Crippen LogP contribution in [-0.4, -0.2) is 10.9 Å². The van der Waals surface area contributed by atoms with Crippen molar-refractivity contribution in [2.24, 2.45) is 5.73 Å². The first-order chi connectivity index (χ1) is 3.80. The van der Waals surface area contributed by atoms with Gasteiger partial charge in [0.2, 0.25) is 0 Å². The van der Waals surface area contributed by atoms with Crippen molar-refractivity contribution >= 4 is 5.91 Å². The molecule has 1 aromatic rings. The summed E-state index contributed by atoms with van der Waals surface area (Å²) in [6.45, 7) is 0. The Morgan fingerprint density at radius 1 is 1.88 bits per heavy atom. The second kappa shape index (κ2) is 1.69. The molecule has 3 nitrogen and oxygen atoms in total. The first-order valence-electron chi connectivity index (χ1n) is 2.15. The number of hydrogen-bond acceptors (Lipinski definition) is 1. The highest BCUT2D eigenvalue weighted by molar-refractivity contribution is 5.90. The normalized spacial score (nSPS) is 9.00. The minimum Gasteiger partial charge on any atom is -0.364 e. The van der Waals surface area contributed by atoms with Crippen LogP contribution in [0.15, 0.2) is 12.3 Å². The van der Waals surface area contributed by atoms with Crippen molar-refractivity contribution in [2.45, 2.75) is 0 Å². The highest BCUT2D eigenvalue weighted by atomic mass is 16.1. The minimum atomic E-state index is -0.453. The maximum absolute atomic E-state index is 10.2. The second-order valence-corrected chi connectivity index (χ2v) is 1.38. The lowest BCUT2D eigenvalue weighted by molar-refractivity contribution is 0.0996. The summed E-state index contributed by atoms with van der Waals surface area (Å²) < 4.78 is 0. The van der Waals surface area contributed by atoms with Gasteiger partial charge in [-0.25, -0.2) is 0 Å². The van der Waals surface area contributed by atoms with Crippen LogP contribution in [0.3, 0.4) is 0 Å². The summed E-state index contributed by atoms with van der Waals surface area (Å²) in [6.07, 6.45) is 1.53. The van der Waals surface area contributed by atoms with Crippen molar-refractivity contribution in [3.8, 4) is 0 Å². The van der Waals surface area contributed by atoms with Gasteiger partial charge in [0, 0.05) is 12.3 Å². The fourth-order valence-electron chi connectivity index (χ4n) is 0.428. The molecule has 1 aromatic heterocycles. The molecule has 0 aliphatic rings. The van der Waals surface area contributed by atoms with Crippen LogP contribution in [0.1, 0.15) is 10.5 Å². The molecule has 0 aromatic carbocycles. The predicted octanol–water partition coefficient (Wildman–Crippen LogP) is -0.0862. The maximum Gasteiger partial charge on any atom is 0.265 e. The van der Waals surface area contributed by atoms with Gasteiger partial charge in [-0.3, -0.25) is 4.79 Å². The van der Waals surface area contributed by atoms with Gasteiger partial charge < -0.3 is 10.7 Å². The Kier molecular flexibility index (Phi) is 1.04. The third-order valence-corrected chi connectivity index (χ3v) is 0.804. The molecule has 0 spiro atoms. The van der Waals surface area contributed by atoms with Crippen LogP contribution in [0.25, 0.3) is 0 Å². The van der Waals surface area contributed by atoms with E-state index >= 15 is 0 Å². The first-order valence-corrected chi connectivity index (χ1v) is 2.15. The molecule has 0 fully saturated rings. The quantitative estimate of drug-likeness (QED) is 0.520. The van der Waals surface area contributed by atoms with E-state index in [2.05, 4.69) is 11.1 Å². The van der Waals surface area contributed by atoms with E-state index in [-0.39, 0.29) is 0 Å². The van der Waals surface area contributed by atoms with E-state index in [0.717, 1.165) is 0 Å². The molecule has 1 amide bonds. The molecular formula is C5H5N2O. The Morgan fingerprint density at radius 2 is 2.62 bits per heavy atom. The van der Waals surface area contributed by atoms with E-state index in [1.54, 1.807) is 0 Å². The molecule has 3 N–H and O–H groups in total. The van der Waals surface area contributed by atoms with Crippen LogP contribution in [0.4, 0.5) is 0 Å². The molecule has 3 heteroatoms. The fraction of sp³-hybridized carbons (Fsp3) is 0. The summed E-state index contributed by atoms with van der Waals surface area (Å²) >= 11 is 0. The molecule has 0 atom stereocenters. The summed E-state index contributed by atoms with van der Waals surface area (Å²) in [4.78, 5) is 12.8. The van der Waals surface area contributed by atoms with Gasteiger partial charge in [0.1, 0.15) is 5.69 Å². The first kappa shape index (κ1) is 4.90.